The van der Waals surface area contributed by atoms with Crippen LogP contribution in [0.15, 0.2) is 47.1 Å². The number of nitrogens with zero attached hydrogens (tertiary/aromatic N) is 1. The van der Waals surface area contributed by atoms with Gasteiger partial charge in [0.1, 0.15) is 5.75 Å². The van der Waals surface area contributed by atoms with E-state index < -0.39 is 0 Å². The van der Waals surface area contributed by atoms with Crippen LogP contribution in [0, 0.1) is 0 Å². The number of carbonyl (C=O) groups excluding carboxylic acids is 1. The first kappa shape index (κ1) is 20.7. The number of amides is 1. The maximum absolute atomic E-state index is 12.1. The van der Waals surface area contributed by atoms with E-state index in [2.05, 4.69) is 31.5 Å². The highest BCUT2D eigenvalue weighted by molar-refractivity contribution is 9.10. The van der Waals surface area contributed by atoms with E-state index in [0.717, 1.165) is 24.0 Å². The molecule has 1 saturated heterocycles. The van der Waals surface area contributed by atoms with Crippen LogP contribution in [0.25, 0.3) is 0 Å². The van der Waals surface area contributed by atoms with Crippen molar-refractivity contribution in [3.05, 3.63) is 52.6 Å². The van der Waals surface area contributed by atoms with Gasteiger partial charge in [-0.1, -0.05) is 15.9 Å². The molecule has 24 heavy (non-hydrogen) atoms. The summed E-state index contributed by atoms with van der Waals surface area (Å²) >= 11 is 3.37. The second-order valence-corrected chi connectivity index (χ2v) is 6.02. The molecule has 5 nitrogen and oxygen atoms in total. The van der Waals surface area contributed by atoms with Crippen LogP contribution < -0.4 is 15.4 Å². The second-order valence-electron chi connectivity index (χ2n) is 5.10. The molecule has 3 rings (SSSR count). The van der Waals surface area contributed by atoms with E-state index in [9.17, 15) is 4.79 Å². The van der Waals surface area contributed by atoms with Crippen LogP contribution in [0.2, 0.25) is 0 Å². The lowest BCUT2D eigenvalue weighted by atomic mass is 10.2. The third-order valence-electron chi connectivity index (χ3n) is 3.43. The zero-order valence-corrected chi connectivity index (χ0v) is 15.9. The van der Waals surface area contributed by atoms with Crippen molar-refractivity contribution in [3.63, 3.8) is 0 Å². The van der Waals surface area contributed by atoms with Crippen molar-refractivity contribution < 1.29 is 9.53 Å². The molecule has 0 spiro atoms. The molecule has 1 aromatic heterocycles. The van der Waals surface area contributed by atoms with Gasteiger partial charge in [-0.05, 0) is 43.3 Å². The Morgan fingerprint density at radius 2 is 1.96 bits per heavy atom. The molecule has 1 atom stereocenters. The molecule has 1 aromatic carbocycles. The van der Waals surface area contributed by atoms with Gasteiger partial charge in [0.2, 0.25) is 5.88 Å². The molecule has 8 heteroatoms. The lowest BCUT2D eigenvalue weighted by Crippen LogP contribution is -2.36. The number of ether oxygens (including phenoxy) is 1. The van der Waals surface area contributed by atoms with Gasteiger partial charge in [0.15, 0.2) is 0 Å². The molecule has 1 unspecified atom stereocenters. The van der Waals surface area contributed by atoms with E-state index in [1.54, 1.807) is 12.1 Å². The van der Waals surface area contributed by atoms with Crippen LogP contribution in [0.3, 0.4) is 0 Å². The smallest absolute Gasteiger partial charge is 0.253 e. The zero-order chi connectivity index (χ0) is 15.4. The van der Waals surface area contributed by atoms with E-state index in [0.29, 0.717) is 17.2 Å². The van der Waals surface area contributed by atoms with Gasteiger partial charge in [0.25, 0.3) is 5.91 Å². The predicted molar refractivity (Wildman–Crippen MR) is 102 cm³/mol. The first-order chi connectivity index (χ1) is 10.7. The topological polar surface area (TPSA) is 63.2 Å². The predicted octanol–water partition coefficient (Wildman–Crippen LogP) is 3.57. The molecular weight excluding hydrogens is 417 g/mol. The number of aromatic nitrogens is 1. The number of benzene rings is 1. The average Bonchev–Trinajstić information content (AvgIpc) is 3.03. The van der Waals surface area contributed by atoms with Gasteiger partial charge in [-0.3, -0.25) is 4.79 Å². The number of carbonyl (C=O) groups is 1. The Morgan fingerprint density at radius 1 is 1.21 bits per heavy atom. The van der Waals surface area contributed by atoms with Crippen molar-refractivity contribution >= 4 is 46.7 Å². The molecule has 1 fully saturated rings. The van der Waals surface area contributed by atoms with Crippen molar-refractivity contribution in [3.8, 4) is 11.6 Å². The molecule has 0 bridgehead atoms. The molecule has 2 N–H and O–H groups in total. The monoisotopic (exact) mass is 433 g/mol. The Hall–Kier alpha value is -1.34. The van der Waals surface area contributed by atoms with Crippen molar-refractivity contribution in [2.24, 2.45) is 0 Å². The summed E-state index contributed by atoms with van der Waals surface area (Å²) in [5.74, 6) is 1.06. The minimum atomic E-state index is -0.101. The Labute approximate surface area is 161 Å². The summed E-state index contributed by atoms with van der Waals surface area (Å²) in [6.45, 7) is 1.77. The van der Waals surface area contributed by atoms with Gasteiger partial charge in [-0.2, -0.15) is 0 Å². The van der Waals surface area contributed by atoms with Gasteiger partial charge in [0.05, 0.1) is 5.56 Å². The van der Waals surface area contributed by atoms with E-state index in [-0.39, 0.29) is 36.8 Å². The SMILES string of the molecule is Cl.Cl.O=C(NC1CCNC1)c1ccc(Oc2ccc(Br)cc2)nc1. The number of hydrogen-bond acceptors (Lipinski definition) is 4. The third kappa shape index (κ3) is 5.63. The highest BCUT2D eigenvalue weighted by Gasteiger charge is 2.17. The van der Waals surface area contributed by atoms with Crippen molar-refractivity contribution in [2.75, 3.05) is 13.1 Å². The van der Waals surface area contributed by atoms with Gasteiger partial charge >= 0.3 is 0 Å². The van der Waals surface area contributed by atoms with Gasteiger partial charge in [0, 0.05) is 29.3 Å². The summed E-state index contributed by atoms with van der Waals surface area (Å²) in [7, 11) is 0. The number of hydrogen-bond donors (Lipinski definition) is 2. The Bertz CT molecular complexity index is 647. The molecule has 1 amide bonds. The second kappa shape index (κ2) is 9.84. The van der Waals surface area contributed by atoms with Crippen LogP contribution in [-0.4, -0.2) is 30.0 Å². The molecule has 2 aromatic rings. The van der Waals surface area contributed by atoms with Crippen LogP contribution in [-0.2, 0) is 0 Å². The lowest BCUT2D eigenvalue weighted by Gasteiger charge is -2.11. The zero-order valence-electron chi connectivity index (χ0n) is 12.7. The number of pyridine rings is 1. The van der Waals surface area contributed by atoms with E-state index in [1.807, 2.05) is 24.3 Å². The van der Waals surface area contributed by atoms with Crippen LogP contribution in [0.5, 0.6) is 11.6 Å². The minimum absolute atomic E-state index is 0. The van der Waals surface area contributed by atoms with E-state index in [1.165, 1.54) is 6.20 Å². The molecule has 0 aliphatic carbocycles. The number of rotatable bonds is 4. The Balaban J connectivity index is 0.00000144. The highest BCUT2D eigenvalue weighted by Crippen LogP contribution is 2.21. The maximum atomic E-state index is 12.1. The first-order valence-electron chi connectivity index (χ1n) is 7.12. The standard InChI is InChI=1S/C16H16BrN3O2.2ClH/c17-12-2-4-14(5-3-12)22-15-6-1-11(9-19-15)16(21)20-13-7-8-18-10-13;;/h1-6,9,13,18H,7-8,10H2,(H,20,21);2*1H. The molecule has 0 saturated carbocycles. The van der Waals surface area contributed by atoms with Crippen molar-refractivity contribution in [2.45, 2.75) is 12.5 Å². The number of nitrogens with one attached hydrogen (secondary N) is 2. The van der Waals surface area contributed by atoms with E-state index in [4.69, 9.17) is 4.74 Å². The molecular formula is C16H18BrCl2N3O2. The highest BCUT2D eigenvalue weighted by atomic mass is 79.9. The fraction of sp³-hybridized carbons (Fsp3) is 0.250. The summed E-state index contributed by atoms with van der Waals surface area (Å²) in [5.41, 5.74) is 0.537. The molecule has 1 aliphatic rings. The Kier molecular flexibility index (Phi) is 8.48. The third-order valence-corrected chi connectivity index (χ3v) is 3.96. The Morgan fingerprint density at radius 3 is 2.54 bits per heavy atom. The van der Waals surface area contributed by atoms with Crippen LogP contribution in [0.4, 0.5) is 0 Å². The van der Waals surface area contributed by atoms with Crippen molar-refractivity contribution in [1.29, 1.82) is 0 Å². The fourth-order valence-electron chi connectivity index (χ4n) is 2.24. The summed E-state index contributed by atoms with van der Waals surface area (Å²) in [6, 6.07) is 11.1. The summed E-state index contributed by atoms with van der Waals surface area (Å²) < 4.78 is 6.62. The summed E-state index contributed by atoms with van der Waals surface area (Å²) in [4.78, 5) is 16.3. The van der Waals surface area contributed by atoms with Crippen LogP contribution in [0.1, 0.15) is 16.8 Å². The fourth-order valence-corrected chi connectivity index (χ4v) is 2.51. The first-order valence-corrected chi connectivity index (χ1v) is 7.91. The van der Waals surface area contributed by atoms with Crippen molar-refractivity contribution in [1.82, 2.24) is 15.6 Å². The van der Waals surface area contributed by atoms with Gasteiger partial charge in [-0.15, -0.1) is 24.8 Å². The number of halogens is 3. The quantitative estimate of drug-likeness (QED) is 0.771. The molecule has 130 valence electrons. The minimum Gasteiger partial charge on any atom is -0.439 e. The summed E-state index contributed by atoms with van der Waals surface area (Å²) in [5, 5.41) is 6.20. The van der Waals surface area contributed by atoms with Gasteiger partial charge in [-0.25, -0.2) is 4.98 Å². The normalized spacial score (nSPS) is 15.8. The average molecular weight is 435 g/mol. The van der Waals surface area contributed by atoms with Gasteiger partial charge < -0.3 is 15.4 Å². The molecule has 2 heterocycles. The molecule has 0 radical (unpaired) electrons. The lowest BCUT2D eigenvalue weighted by molar-refractivity contribution is 0.0939. The largest absolute Gasteiger partial charge is 0.439 e. The maximum Gasteiger partial charge on any atom is 0.253 e. The summed E-state index contributed by atoms with van der Waals surface area (Å²) in [6.07, 6.45) is 2.50. The van der Waals surface area contributed by atoms with Crippen LogP contribution >= 0.6 is 40.7 Å². The molecule has 1 aliphatic heterocycles. The van der Waals surface area contributed by atoms with E-state index >= 15 is 0 Å².